The molecular formula is C27H25N2O8+. The fourth-order valence-electron chi connectivity index (χ4n) is 4.73. The number of rotatable bonds is 7. The molecule has 0 bridgehead atoms. The third-order valence-electron chi connectivity index (χ3n) is 6.18. The topological polar surface area (TPSA) is 136 Å². The molecule has 2 N–H and O–H groups in total. The Kier molecular flexibility index (Phi) is 6.67. The first-order valence-corrected chi connectivity index (χ1v) is 11.2. The Morgan fingerprint density at radius 3 is 2.22 bits per heavy atom. The number of esters is 2. The van der Waals surface area contributed by atoms with Crippen molar-refractivity contribution < 1.29 is 43.4 Å². The molecule has 0 saturated carbocycles. The maximum atomic E-state index is 12.7. The van der Waals surface area contributed by atoms with Crippen molar-refractivity contribution in [3.8, 4) is 11.1 Å². The second-order valence-electron chi connectivity index (χ2n) is 8.75. The van der Waals surface area contributed by atoms with Gasteiger partial charge in [-0.1, -0.05) is 12.1 Å². The number of hydrogen-bond donors (Lipinski definition) is 2. The maximum Gasteiger partial charge on any atom is 0.370 e. The SMILES string of the molecule is COC(=O)c1c[n+](CC(=O)O)cc2c1/C(=C\c1cc(C)c3c(C(=O)OC)cn(CC(=O)O)cc1-3)C=C2C. The fraction of sp³-hybridized carbons (Fsp3) is 0.222. The van der Waals surface area contributed by atoms with E-state index in [9.17, 15) is 29.4 Å². The third-order valence-corrected chi connectivity index (χ3v) is 6.18. The molecule has 0 unspecified atom stereocenters. The molecule has 3 aliphatic rings. The van der Waals surface area contributed by atoms with Crippen LogP contribution in [0.3, 0.4) is 0 Å². The molecule has 2 heterocycles. The quantitative estimate of drug-likeness (QED) is 0.370. The third kappa shape index (κ3) is 4.73. The largest absolute Gasteiger partial charge is 0.480 e. The monoisotopic (exact) mass is 505 g/mol. The first-order valence-electron chi connectivity index (χ1n) is 11.2. The van der Waals surface area contributed by atoms with E-state index in [1.807, 2.05) is 32.1 Å². The van der Waals surface area contributed by atoms with E-state index in [0.29, 0.717) is 33.4 Å². The number of methoxy groups -OCH3 is 2. The molecule has 1 aromatic rings. The van der Waals surface area contributed by atoms with E-state index in [1.165, 1.54) is 35.7 Å². The number of carboxylic acids is 2. The molecule has 0 saturated heterocycles. The molecule has 1 aliphatic heterocycles. The molecule has 190 valence electrons. The second-order valence-corrected chi connectivity index (χ2v) is 8.75. The standard InChI is InChI=1S/C27H24N2O8/c1-14-5-17(25-18(14)8-28(12-22(30)31)11-21(25)27(35)37-4)7-16-6-15(2)24-19(16)9-29(13-23(32)33)10-20(24)26(34)36-3/h5-11H,12-13H2,1-4H3,(H-,30,31,32,33)/p+1. The summed E-state index contributed by atoms with van der Waals surface area (Å²) in [6.07, 6.45) is 9.97. The maximum absolute atomic E-state index is 12.7. The van der Waals surface area contributed by atoms with Crippen LogP contribution in [0.5, 0.6) is 0 Å². The Morgan fingerprint density at radius 1 is 0.919 bits per heavy atom. The van der Waals surface area contributed by atoms with E-state index in [0.717, 1.165) is 11.1 Å². The summed E-state index contributed by atoms with van der Waals surface area (Å²) < 4.78 is 12.7. The molecule has 0 aromatic carbocycles. The van der Waals surface area contributed by atoms with E-state index < -0.39 is 23.9 Å². The first kappa shape index (κ1) is 25.4. The van der Waals surface area contributed by atoms with Gasteiger partial charge in [0.05, 0.1) is 25.3 Å². The molecular weight excluding hydrogens is 480 g/mol. The highest BCUT2D eigenvalue weighted by molar-refractivity contribution is 6.09. The number of carbonyl (C=O) groups is 4. The van der Waals surface area contributed by atoms with Crippen molar-refractivity contribution in [2.24, 2.45) is 0 Å². The first-order chi connectivity index (χ1) is 17.5. The highest BCUT2D eigenvalue weighted by atomic mass is 16.5. The zero-order valence-electron chi connectivity index (χ0n) is 20.7. The number of aliphatic carboxylic acids is 2. The van der Waals surface area contributed by atoms with E-state index in [4.69, 9.17) is 9.47 Å². The van der Waals surface area contributed by atoms with E-state index >= 15 is 0 Å². The van der Waals surface area contributed by atoms with Crippen LogP contribution in [0, 0.1) is 6.92 Å². The Labute approximate surface area is 212 Å². The summed E-state index contributed by atoms with van der Waals surface area (Å²) in [5.41, 5.74) is 6.05. The van der Waals surface area contributed by atoms with Crippen molar-refractivity contribution in [3.63, 3.8) is 0 Å². The number of ether oxygens (including phenoxy) is 2. The Balaban J connectivity index is 1.94. The van der Waals surface area contributed by atoms with E-state index in [-0.39, 0.29) is 24.2 Å². The molecule has 1 aromatic heterocycles. The smallest absolute Gasteiger partial charge is 0.370 e. The molecule has 0 fully saturated rings. The molecule has 0 spiro atoms. The van der Waals surface area contributed by atoms with Crippen molar-refractivity contribution >= 4 is 41.1 Å². The number of nitrogens with zero attached hydrogens (tertiary/aromatic N) is 2. The zero-order chi connectivity index (χ0) is 27.0. The number of aryl methyl sites for hydroxylation is 1. The number of fused-ring (bicyclic) bond motifs is 2. The highest BCUT2D eigenvalue weighted by Crippen LogP contribution is 2.41. The van der Waals surface area contributed by atoms with Crippen LogP contribution in [-0.4, -0.2) is 52.9 Å². The van der Waals surface area contributed by atoms with Gasteiger partial charge in [-0.3, -0.25) is 4.79 Å². The molecule has 2 aliphatic carbocycles. The molecule has 4 rings (SSSR count). The lowest BCUT2D eigenvalue weighted by molar-refractivity contribution is -0.686. The number of carbonyl (C=O) groups excluding carboxylic acids is 2. The second kappa shape index (κ2) is 9.73. The van der Waals surface area contributed by atoms with Gasteiger partial charge < -0.3 is 24.3 Å². The summed E-state index contributed by atoms with van der Waals surface area (Å²) in [7, 11) is 2.52. The van der Waals surface area contributed by atoms with Gasteiger partial charge in [-0.25, -0.2) is 14.4 Å². The number of carboxylic acid groups (broad SMARTS) is 2. The van der Waals surface area contributed by atoms with Crippen molar-refractivity contribution in [1.82, 2.24) is 4.57 Å². The summed E-state index contributed by atoms with van der Waals surface area (Å²) in [6, 6.07) is 1.88. The lowest BCUT2D eigenvalue weighted by atomic mass is 9.97. The van der Waals surface area contributed by atoms with Crippen molar-refractivity contribution in [1.29, 1.82) is 0 Å². The minimum absolute atomic E-state index is 0.212. The predicted molar refractivity (Wildman–Crippen MR) is 132 cm³/mol. The van der Waals surface area contributed by atoms with Crippen LogP contribution >= 0.6 is 0 Å². The number of pyridine rings is 2. The lowest BCUT2D eigenvalue weighted by Crippen LogP contribution is -2.39. The molecule has 10 heteroatoms. The summed E-state index contributed by atoms with van der Waals surface area (Å²) in [5.74, 6) is -3.31. The van der Waals surface area contributed by atoms with Gasteiger partial charge in [0.1, 0.15) is 12.1 Å². The van der Waals surface area contributed by atoms with Crippen LogP contribution < -0.4 is 4.57 Å². The van der Waals surface area contributed by atoms with Crippen molar-refractivity contribution in [3.05, 3.63) is 70.3 Å². The van der Waals surface area contributed by atoms with Gasteiger partial charge in [-0.15, -0.1) is 0 Å². The summed E-state index contributed by atoms with van der Waals surface area (Å²) in [4.78, 5) is 47.9. The van der Waals surface area contributed by atoms with Gasteiger partial charge in [0, 0.05) is 29.1 Å². The lowest BCUT2D eigenvalue weighted by Gasteiger charge is -2.14. The molecule has 0 radical (unpaired) electrons. The van der Waals surface area contributed by atoms with Gasteiger partial charge in [-0.05, 0) is 42.2 Å². The van der Waals surface area contributed by atoms with Crippen LogP contribution in [0.2, 0.25) is 0 Å². The van der Waals surface area contributed by atoms with Crippen molar-refractivity contribution in [2.45, 2.75) is 26.9 Å². The summed E-state index contributed by atoms with van der Waals surface area (Å²) >= 11 is 0. The van der Waals surface area contributed by atoms with Crippen LogP contribution in [-0.2, 0) is 32.2 Å². The zero-order valence-corrected chi connectivity index (χ0v) is 20.7. The van der Waals surface area contributed by atoms with Crippen LogP contribution in [0.15, 0.2) is 36.9 Å². The van der Waals surface area contributed by atoms with Crippen LogP contribution in [0.4, 0.5) is 0 Å². The van der Waals surface area contributed by atoms with Gasteiger partial charge >= 0.3 is 23.9 Å². The Morgan fingerprint density at radius 2 is 1.59 bits per heavy atom. The average molecular weight is 506 g/mol. The predicted octanol–water partition coefficient (Wildman–Crippen LogP) is 2.89. The van der Waals surface area contributed by atoms with Gasteiger partial charge in [0.15, 0.2) is 12.4 Å². The number of aromatic nitrogens is 2. The fourth-order valence-corrected chi connectivity index (χ4v) is 4.73. The van der Waals surface area contributed by atoms with E-state index in [2.05, 4.69) is 0 Å². The normalized spacial score (nSPS) is 13.4. The minimum atomic E-state index is -1.07. The van der Waals surface area contributed by atoms with E-state index in [1.54, 1.807) is 12.4 Å². The Bertz CT molecular complexity index is 1510. The summed E-state index contributed by atoms with van der Waals surface area (Å²) in [5, 5.41) is 18.6. The van der Waals surface area contributed by atoms with Crippen molar-refractivity contribution in [2.75, 3.05) is 14.2 Å². The molecule has 10 nitrogen and oxygen atoms in total. The Hall–Kier alpha value is -4.73. The van der Waals surface area contributed by atoms with Crippen LogP contribution in [0.1, 0.15) is 49.9 Å². The number of hydrogen-bond acceptors (Lipinski definition) is 6. The van der Waals surface area contributed by atoms with Gasteiger partial charge in [-0.2, -0.15) is 4.57 Å². The molecule has 0 atom stereocenters. The molecule has 0 amide bonds. The van der Waals surface area contributed by atoms with Gasteiger partial charge in [0.25, 0.3) is 0 Å². The number of allylic oxidation sites excluding steroid dienone is 3. The average Bonchev–Trinajstić information content (AvgIpc) is 3.32. The molecule has 37 heavy (non-hydrogen) atoms. The van der Waals surface area contributed by atoms with Gasteiger partial charge in [0.2, 0.25) is 6.54 Å². The minimum Gasteiger partial charge on any atom is -0.480 e. The van der Waals surface area contributed by atoms with Crippen LogP contribution in [0.25, 0.3) is 28.3 Å². The highest BCUT2D eigenvalue weighted by Gasteiger charge is 2.30. The summed E-state index contributed by atoms with van der Waals surface area (Å²) in [6.45, 7) is 3.03.